The Balaban J connectivity index is 2.46. The van der Waals surface area contributed by atoms with Gasteiger partial charge in [0.2, 0.25) is 0 Å². The van der Waals surface area contributed by atoms with Gasteiger partial charge in [0.1, 0.15) is 0 Å². The van der Waals surface area contributed by atoms with Crippen molar-refractivity contribution in [1.82, 2.24) is 4.72 Å². The number of aryl methyl sites for hydroxylation is 1. The molecule has 0 fully saturated rings. The van der Waals surface area contributed by atoms with Crippen LogP contribution in [-0.4, -0.2) is 25.9 Å². The lowest BCUT2D eigenvalue weighted by atomic mass is 10.0. The van der Waals surface area contributed by atoms with E-state index in [1.165, 1.54) is 16.4 Å². The molecule has 0 amide bonds. The second kappa shape index (κ2) is 5.37. The van der Waals surface area contributed by atoms with Crippen LogP contribution in [0.15, 0.2) is 18.2 Å². The molecule has 8 heteroatoms. The Morgan fingerprint density at radius 3 is 2.70 bits per heavy atom. The number of anilines is 1. The Morgan fingerprint density at radius 1 is 1.40 bits per heavy atom. The lowest BCUT2D eigenvalue weighted by Gasteiger charge is -2.30. The number of non-ortho nitro benzene ring substituents is 1. The summed E-state index contributed by atoms with van der Waals surface area (Å²) < 4.78 is 28.3. The molecule has 1 aliphatic heterocycles. The van der Waals surface area contributed by atoms with Gasteiger partial charge in [0, 0.05) is 24.7 Å². The number of nitrogens with zero attached hydrogens (tertiary/aromatic N) is 2. The van der Waals surface area contributed by atoms with Crippen LogP contribution in [-0.2, 0) is 16.6 Å². The fourth-order valence-electron chi connectivity index (χ4n) is 2.25. The maximum absolute atomic E-state index is 12.3. The highest BCUT2D eigenvalue weighted by Crippen LogP contribution is 2.32. The number of rotatable bonds is 4. The summed E-state index contributed by atoms with van der Waals surface area (Å²) in [5.74, 6) is 0. The fourth-order valence-corrected chi connectivity index (χ4v) is 3.78. The third-order valence-electron chi connectivity index (χ3n) is 3.03. The van der Waals surface area contributed by atoms with E-state index in [0.717, 1.165) is 12.0 Å². The monoisotopic (exact) mass is 299 g/mol. The van der Waals surface area contributed by atoms with Gasteiger partial charge < -0.3 is 0 Å². The van der Waals surface area contributed by atoms with Gasteiger partial charge in [-0.05, 0) is 32.3 Å². The van der Waals surface area contributed by atoms with Gasteiger partial charge in [-0.1, -0.05) is 6.07 Å². The largest absolute Gasteiger partial charge is 0.301 e. The van der Waals surface area contributed by atoms with Crippen molar-refractivity contribution in [2.45, 2.75) is 32.7 Å². The summed E-state index contributed by atoms with van der Waals surface area (Å²) in [5.41, 5.74) is 1.12. The van der Waals surface area contributed by atoms with Crippen molar-refractivity contribution in [1.29, 1.82) is 0 Å². The molecule has 0 radical (unpaired) electrons. The summed E-state index contributed by atoms with van der Waals surface area (Å²) in [6.45, 7) is 3.79. The topological polar surface area (TPSA) is 92.6 Å². The van der Waals surface area contributed by atoms with Gasteiger partial charge in [0.05, 0.1) is 10.6 Å². The SMILES string of the molecule is CC(C)NS(=O)(=O)N1CCCc2ccc([N+](=O)[O-])cc21. The number of fused-ring (bicyclic) bond motifs is 1. The van der Waals surface area contributed by atoms with E-state index in [9.17, 15) is 18.5 Å². The Labute approximate surface area is 117 Å². The number of nitro groups is 1. The maximum atomic E-state index is 12.3. The maximum Gasteiger partial charge on any atom is 0.301 e. The normalized spacial score (nSPS) is 15.2. The van der Waals surface area contributed by atoms with Crippen LogP contribution in [0.2, 0.25) is 0 Å². The van der Waals surface area contributed by atoms with Crippen LogP contribution >= 0.6 is 0 Å². The molecule has 0 atom stereocenters. The van der Waals surface area contributed by atoms with E-state index in [1.54, 1.807) is 19.9 Å². The van der Waals surface area contributed by atoms with E-state index in [2.05, 4.69) is 4.72 Å². The molecule has 0 unspecified atom stereocenters. The number of hydrogen-bond donors (Lipinski definition) is 1. The average molecular weight is 299 g/mol. The van der Waals surface area contributed by atoms with Crippen LogP contribution in [0.3, 0.4) is 0 Å². The summed E-state index contributed by atoms with van der Waals surface area (Å²) in [6, 6.07) is 4.13. The smallest absolute Gasteiger partial charge is 0.258 e. The average Bonchev–Trinajstić information content (AvgIpc) is 2.35. The second-order valence-electron chi connectivity index (χ2n) is 5.02. The van der Waals surface area contributed by atoms with E-state index < -0.39 is 15.1 Å². The van der Waals surface area contributed by atoms with Crippen LogP contribution in [0, 0.1) is 10.1 Å². The zero-order valence-corrected chi connectivity index (χ0v) is 12.2. The van der Waals surface area contributed by atoms with Crippen LogP contribution < -0.4 is 9.03 Å². The van der Waals surface area contributed by atoms with Crippen molar-refractivity contribution < 1.29 is 13.3 Å². The molecule has 0 spiro atoms. The van der Waals surface area contributed by atoms with E-state index in [0.29, 0.717) is 18.7 Å². The third kappa shape index (κ3) is 2.91. The number of hydrogen-bond acceptors (Lipinski definition) is 4. The minimum absolute atomic E-state index is 0.101. The first-order valence-corrected chi connectivity index (χ1v) is 7.82. The molecule has 0 saturated heterocycles. The Bertz CT molecular complexity index is 628. The molecule has 110 valence electrons. The molecule has 1 aliphatic rings. The highest BCUT2D eigenvalue weighted by Gasteiger charge is 2.29. The first-order chi connectivity index (χ1) is 9.31. The first kappa shape index (κ1) is 14.7. The summed E-state index contributed by atoms with van der Waals surface area (Å²) in [7, 11) is -3.68. The minimum atomic E-state index is -3.68. The molecule has 0 aliphatic carbocycles. The van der Waals surface area contributed by atoms with Crippen molar-refractivity contribution in [2.75, 3.05) is 10.8 Å². The summed E-state index contributed by atoms with van der Waals surface area (Å²) in [4.78, 5) is 10.3. The van der Waals surface area contributed by atoms with Gasteiger partial charge in [-0.15, -0.1) is 0 Å². The van der Waals surface area contributed by atoms with Gasteiger partial charge in [0.25, 0.3) is 5.69 Å². The molecule has 1 aromatic carbocycles. The molecular weight excluding hydrogens is 282 g/mol. The highest BCUT2D eigenvalue weighted by atomic mass is 32.2. The molecule has 1 heterocycles. The van der Waals surface area contributed by atoms with Crippen molar-refractivity contribution in [3.63, 3.8) is 0 Å². The van der Waals surface area contributed by atoms with E-state index in [1.807, 2.05) is 0 Å². The zero-order chi connectivity index (χ0) is 14.9. The lowest BCUT2D eigenvalue weighted by Crippen LogP contribution is -2.45. The summed E-state index contributed by atoms with van der Waals surface area (Å²) in [5, 5.41) is 10.8. The van der Waals surface area contributed by atoms with E-state index >= 15 is 0 Å². The quantitative estimate of drug-likeness (QED) is 0.675. The molecule has 1 N–H and O–H groups in total. The minimum Gasteiger partial charge on any atom is -0.258 e. The van der Waals surface area contributed by atoms with Crippen LogP contribution in [0.4, 0.5) is 11.4 Å². The van der Waals surface area contributed by atoms with Crippen LogP contribution in [0.1, 0.15) is 25.8 Å². The van der Waals surface area contributed by atoms with Crippen molar-refractivity contribution >= 4 is 21.6 Å². The Morgan fingerprint density at radius 2 is 2.10 bits per heavy atom. The first-order valence-electron chi connectivity index (χ1n) is 6.38. The van der Waals surface area contributed by atoms with Crippen molar-refractivity contribution in [3.05, 3.63) is 33.9 Å². The predicted molar refractivity (Wildman–Crippen MR) is 76.0 cm³/mol. The molecule has 0 bridgehead atoms. The molecule has 1 aromatic rings. The predicted octanol–water partition coefficient (Wildman–Crippen LogP) is 1.59. The van der Waals surface area contributed by atoms with Crippen molar-refractivity contribution in [3.8, 4) is 0 Å². The molecule has 0 saturated carbocycles. The van der Waals surface area contributed by atoms with Gasteiger partial charge in [-0.3, -0.25) is 14.4 Å². The highest BCUT2D eigenvalue weighted by molar-refractivity contribution is 7.90. The number of benzene rings is 1. The van der Waals surface area contributed by atoms with Gasteiger partial charge >= 0.3 is 10.2 Å². The lowest BCUT2D eigenvalue weighted by molar-refractivity contribution is -0.384. The number of nitrogens with one attached hydrogen (secondary N) is 1. The van der Waals surface area contributed by atoms with Gasteiger partial charge in [0.15, 0.2) is 0 Å². The fraction of sp³-hybridized carbons (Fsp3) is 0.500. The van der Waals surface area contributed by atoms with E-state index in [-0.39, 0.29) is 11.7 Å². The Hall–Kier alpha value is -1.67. The zero-order valence-electron chi connectivity index (χ0n) is 11.4. The molecule has 7 nitrogen and oxygen atoms in total. The number of nitro benzene ring substituents is 1. The van der Waals surface area contributed by atoms with E-state index in [4.69, 9.17) is 0 Å². The molecule has 0 aromatic heterocycles. The summed E-state index contributed by atoms with van der Waals surface area (Å²) >= 11 is 0. The Kier molecular flexibility index (Phi) is 3.96. The standard InChI is InChI=1S/C12H17N3O4S/c1-9(2)13-20(18,19)14-7-3-4-10-5-6-11(15(16)17)8-12(10)14/h5-6,8-9,13H,3-4,7H2,1-2H3. The molecular formula is C12H17N3O4S. The van der Waals surface area contributed by atoms with Crippen molar-refractivity contribution in [2.24, 2.45) is 0 Å². The van der Waals surface area contributed by atoms with Crippen LogP contribution in [0.25, 0.3) is 0 Å². The van der Waals surface area contributed by atoms with Gasteiger partial charge in [-0.2, -0.15) is 13.1 Å². The second-order valence-corrected chi connectivity index (χ2v) is 6.65. The third-order valence-corrected chi connectivity index (χ3v) is 4.76. The van der Waals surface area contributed by atoms with Gasteiger partial charge in [-0.25, -0.2) is 0 Å². The summed E-state index contributed by atoms with van der Waals surface area (Å²) in [6.07, 6.45) is 1.42. The van der Waals surface area contributed by atoms with Crippen LogP contribution in [0.5, 0.6) is 0 Å². The molecule has 2 rings (SSSR count). The molecule has 20 heavy (non-hydrogen) atoms.